The molecule has 0 atom stereocenters. The quantitative estimate of drug-likeness (QED) is 0.716. The maximum atomic E-state index is 8.94. The summed E-state index contributed by atoms with van der Waals surface area (Å²) in [6, 6.07) is 6.11. The van der Waals surface area contributed by atoms with Gasteiger partial charge in [0.1, 0.15) is 6.07 Å². The van der Waals surface area contributed by atoms with Gasteiger partial charge in [-0.2, -0.15) is 5.26 Å². The van der Waals surface area contributed by atoms with E-state index in [1.54, 1.807) is 12.4 Å². The Hall–Kier alpha value is -1.40. The zero-order valence-corrected chi connectivity index (χ0v) is 9.17. The average Bonchev–Trinajstić information content (AvgIpc) is 2.23. The first-order valence-corrected chi connectivity index (χ1v) is 4.96. The summed E-state index contributed by atoms with van der Waals surface area (Å²) in [5, 5.41) is 10.9. The highest BCUT2D eigenvalue weighted by Gasteiger charge is 2.06. The van der Waals surface area contributed by atoms with Crippen LogP contribution in [-0.2, 0) is 0 Å². The fraction of sp³-hybridized carbons (Fsp3) is 0.0909. The van der Waals surface area contributed by atoms with Crippen molar-refractivity contribution in [1.82, 2.24) is 4.98 Å². The third kappa shape index (κ3) is 1.28. The molecule has 0 bridgehead atoms. The van der Waals surface area contributed by atoms with Crippen molar-refractivity contribution in [3.05, 3.63) is 40.1 Å². The highest BCUT2D eigenvalue weighted by atomic mass is 79.9. The zero-order chi connectivity index (χ0) is 10.1. The van der Waals surface area contributed by atoms with E-state index in [2.05, 4.69) is 27.0 Å². The Morgan fingerprint density at radius 1 is 1.36 bits per heavy atom. The number of halogens is 1. The topological polar surface area (TPSA) is 36.7 Å². The Morgan fingerprint density at radius 3 is 2.86 bits per heavy atom. The van der Waals surface area contributed by atoms with Crippen molar-refractivity contribution in [2.75, 3.05) is 0 Å². The number of hydrogen-bond donors (Lipinski definition) is 0. The van der Waals surface area contributed by atoms with E-state index < -0.39 is 0 Å². The van der Waals surface area contributed by atoms with Gasteiger partial charge in [0.2, 0.25) is 0 Å². The van der Waals surface area contributed by atoms with Gasteiger partial charge < -0.3 is 0 Å². The molecule has 0 fully saturated rings. The smallest absolute Gasteiger partial charge is 0.101 e. The number of benzene rings is 1. The van der Waals surface area contributed by atoms with Crippen LogP contribution in [0.4, 0.5) is 0 Å². The van der Waals surface area contributed by atoms with Crippen molar-refractivity contribution >= 4 is 26.7 Å². The van der Waals surface area contributed by atoms with E-state index in [-0.39, 0.29) is 0 Å². The van der Waals surface area contributed by atoms with Crippen molar-refractivity contribution < 1.29 is 0 Å². The van der Waals surface area contributed by atoms with Crippen molar-refractivity contribution in [3.8, 4) is 6.07 Å². The molecular weight excluding hydrogens is 240 g/mol. The fourth-order valence-electron chi connectivity index (χ4n) is 1.47. The van der Waals surface area contributed by atoms with Crippen LogP contribution in [0.3, 0.4) is 0 Å². The summed E-state index contributed by atoms with van der Waals surface area (Å²) in [6.45, 7) is 2.01. The number of aryl methyl sites for hydroxylation is 1. The summed E-state index contributed by atoms with van der Waals surface area (Å²) >= 11 is 3.44. The molecule has 0 aliphatic heterocycles. The van der Waals surface area contributed by atoms with E-state index in [1.807, 2.05) is 19.1 Å². The van der Waals surface area contributed by atoms with Crippen LogP contribution in [0.5, 0.6) is 0 Å². The number of rotatable bonds is 0. The molecule has 2 rings (SSSR count). The maximum absolute atomic E-state index is 8.94. The zero-order valence-electron chi connectivity index (χ0n) is 7.58. The minimum atomic E-state index is 0.609. The fourth-order valence-corrected chi connectivity index (χ4v) is 2.03. The van der Waals surface area contributed by atoms with Crippen LogP contribution in [0.25, 0.3) is 10.8 Å². The molecule has 0 amide bonds. The van der Waals surface area contributed by atoms with Gasteiger partial charge in [-0.3, -0.25) is 4.98 Å². The molecule has 1 heterocycles. The molecule has 68 valence electrons. The third-order valence-electron chi connectivity index (χ3n) is 2.21. The van der Waals surface area contributed by atoms with Crippen LogP contribution in [0.15, 0.2) is 29.0 Å². The van der Waals surface area contributed by atoms with E-state index in [9.17, 15) is 0 Å². The molecular formula is C11H7BrN2. The van der Waals surface area contributed by atoms with E-state index in [4.69, 9.17) is 5.26 Å². The second-order valence-electron chi connectivity index (χ2n) is 3.09. The second kappa shape index (κ2) is 3.39. The highest BCUT2D eigenvalue weighted by Crippen LogP contribution is 2.28. The number of aromatic nitrogens is 1. The minimum Gasteiger partial charge on any atom is -0.263 e. The molecule has 2 nitrogen and oxygen atoms in total. The van der Waals surface area contributed by atoms with Gasteiger partial charge in [-0.05, 0) is 18.6 Å². The summed E-state index contributed by atoms with van der Waals surface area (Å²) in [6.07, 6.45) is 3.38. The van der Waals surface area contributed by atoms with Crippen LogP contribution in [0, 0.1) is 18.3 Å². The maximum Gasteiger partial charge on any atom is 0.101 e. The first-order valence-electron chi connectivity index (χ1n) is 4.17. The van der Waals surface area contributed by atoms with Gasteiger partial charge in [-0.15, -0.1) is 0 Å². The van der Waals surface area contributed by atoms with E-state index in [0.717, 1.165) is 20.8 Å². The molecule has 0 unspecified atom stereocenters. The van der Waals surface area contributed by atoms with Crippen molar-refractivity contribution in [1.29, 1.82) is 5.26 Å². The number of nitrogens with zero attached hydrogens (tertiary/aromatic N) is 2. The predicted molar refractivity (Wildman–Crippen MR) is 58.9 cm³/mol. The molecule has 2 aromatic rings. The lowest BCUT2D eigenvalue weighted by Crippen LogP contribution is -1.86. The monoisotopic (exact) mass is 246 g/mol. The van der Waals surface area contributed by atoms with Gasteiger partial charge in [-0.25, -0.2) is 0 Å². The average molecular weight is 247 g/mol. The van der Waals surface area contributed by atoms with Gasteiger partial charge in [0.05, 0.1) is 5.56 Å². The number of hydrogen-bond acceptors (Lipinski definition) is 2. The molecule has 0 spiro atoms. The van der Waals surface area contributed by atoms with E-state index >= 15 is 0 Å². The van der Waals surface area contributed by atoms with E-state index in [1.165, 1.54) is 0 Å². The first-order chi connectivity index (χ1) is 6.74. The summed E-state index contributed by atoms with van der Waals surface area (Å²) in [5.74, 6) is 0. The van der Waals surface area contributed by atoms with Gasteiger partial charge in [0.15, 0.2) is 0 Å². The first kappa shape index (κ1) is 9.17. The van der Waals surface area contributed by atoms with Crippen LogP contribution in [0.2, 0.25) is 0 Å². The molecule has 0 saturated carbocycles. The molecule has 0 radical (unpaired) electrons. The Balaban J connectivity index is 3.01. The van der Waals surface area contributed by atoms with Crippen LogP contribution < -0.4 is 0 Å². The standard InChI is InChI=1S/C11H7BrN2/c1-7-2-3-10(12)11-8(4-13)5-14-6-9(7)11/h2-3,5-6H,1H3. The molecule has 1 aromatic carbocycles. The lowest BCUT2D eigenvalue weighted by atomic mass is 10.0. The molecule has 1 aromatic heterocycles. The van der Waals surface area contributed by atoms with Crippen molar-refractivity contribution in [3.63, 3.8) is 0 Å². The lowest BCUT2D eigenvalue weighted by molar-refractivity contribution is 1.32. The van der Waals surface area contributed by atoms with Crippen LogP contribution >= 0.6 is 15.9 Å². The minimum absolute atomic E-state index is 0.609. The summed E-state index contributed by atoms with van der Waals surface area (Å²) < 4.78 is 0.942. The molecule has 0 aliphatic carbocycles. The molecule has 14 heavy (non-hydrogen) atoms. The molecule has 0 saturated heterocycles. The van der Waals surface area contributed by atoms with Gasteiger partial charge in [0, 0.05) is 27.6 Å². The Labute approximate surface area is 90.3 Å². The van der Waals surface area contributed by atoms with Gasteiger partial charge in [-0.1, -0.05) is 22.0 Å². The number of pyridine rings is 1. The normalized spacial score (nSPS) is 10.1. The van der Waals surface area contributed by atoms with Gasteiger partial charge in [0.25, 0.3) is 0 Å². The van der Waals surface area contributed by atoms with Crippen molar-refractivity contribution in [2.45, 2.75) is 6.92 Å². The van der Waals surface area contributed by atoms with Crippen LogP contribution in [-0.4, -0.2) is 4.98 Å². The summed E-state index contributed by atoms with van der Waals surface area (Å²) in [5.41, 5.74) is 1.74. The largest absolute Gasteiger partial charge is 0.263 e. The number of nitriles is 1. The SMILES string of the molecule is Cc1ccc(Br)c2c(C#N)cncc12. The summed E-state index contributed by atoms with van der Waals surface area (Å²) in [4.78, 5) is 4.04. The molecule has 0 N–H and O–H groups in total. The van der Waals surface area contributed by atoms with Crippen molar-refractivity contribution in [2.24, 2.45) is 0 Å². The Bertz CT molecular complexity index is 541. The highest BCUT2D eigenvalue weighted by molar-refractivity contribution is 9.10. The lowest BCUT2D eigenvalue weighted by Gasteiger charge is -2.04. The third-order valence-corrected chi connectivity index (χ3v) is 2.87. The second-order valence-corrected chi connectivity index (χ2v) is 3.94. The van der Waals surface area contributed by atoms with E-state index in [0.29, 0.717) is 5.56 Å². The summed E-state index contributed by atoms with van der Waals surface area (Å²) in [7, 11) is 0. The predicted octanol–water partition coefficient (Wildman–Crippen LogP) is 3.18. The Morgan fingerprint density at radius 2 is 2.14 bits per heavy atom. The molecule has 0 aliphatic rings. The molecule has 3 heteroatoms. The van der Waals surface area contributed by atoms with Gasteiger partial charge >= 0.3 is 0 Å². The Kier molecular flexibility index (Phi) is 2.22. The number of fused-ring (bicyclic) bond motifs is 1. The van der Waals surface area contributed by atoms with Crippen LogP contribution in [0.1, 0.15) is 11.1 Å².